The zero-order valence-electron chi connectivity index (χ0n) is 11.6. The molecule has 1 aromatic rings. The zero-order chi connectivity index (χ0) is 14.4. The second-order valence-corrected chi connectivity index (χ2v) is 4.86. The number of urea groups is 1. The van der Waals surface area contributed by atoms with E-state index in [4.69, 9.17) is 0 Å². The number of hydrogen-bond acceptors (Lipinski definition) is 3. The standard InChI is InChI=1S/C14H22N2O3/c1-10(15-14(19)16(2)3)12(17)9-13(18)11-7-5-4-6-8-11/h4-8,10,12-13,17-18H,9H2,1-3H3,(H,15,19)/t10-,12+,13-/m0/s1. The van der Waals surface area contributed by atoms with Crippen molar-refractivity contribution < 1.29 is 15.0 Å². The highest BCUT2D eigenvalue weighted by Crippen LogP contribution is 2.19. The van der Waals surface area contributed by atoms with Gasteiger partial charge < -0.3 is 20.4 Å². The van der Waals surface area contributed by atoms with Gasteiger partial charge in [-0.1, -0.05) is 30.3 Å². The summed E-state index contributed by atoms with van der Waals surface area (Å²) in [6.07, 6.45) is -1.37. The highest BCUT2D eigenvalue weighted by Gasteiger charge is 2.21. The van der Waals surface area contributed by atoms with Gasteiger partial charge in [0.05, 0.1) is 18.2 Å². The van der Waals surface area contributed by atoms with E-state index >= 15 is 0 Å². The van der Waals surface area contributed by atoms with Crippen molar-refractivity contribution in [2.24, 2.45) is 0 Å². The fourth-order valence-electron chi connectivity index (χ4n) is 1.66. The fourth-order valence-corrected chi connectivity index (χ4v) is 1.66. The number of amides is 2. The first-order valence-corrected chi connectivity index (χ1v) is 6.30. The first-order valence-electron chi connectivity index (χ1n) is 6.30. The van der Waals surface area contributed by atoms with Crippen LogP contribution in [0.15, 0.2) is 30.3 Å². The molecule has 3 N–H and O–H groups in total. The topological polar surface area (TPSA) is 72.8 Å². The van der Waals surface area contributed by atoms with Gasteiger partial charge in [-0.15, -0.1) is 0 Å². The molecule has 5 nitrogen and oxygen atoms in total. The van der Waals surface area contributed by atoms with Crippen LogP contribution in [-0.4, -0.2) is 47.4 Å². The highest BCUT2D eigenvalue weighted by atomic mass is 16.3. The molecule has 0 unspecified atom stereocenters. The maximum Gasteiger partial charge on any atom is 0.317 e. The summed E-state index contributed by atoms with van der Waals surface area (Å²) in [5, 5.41) is 22.6. The largest absolute Gasteiger partial charge is 0.391 e. The first kappa shape index (κ1) is 15.5. The average molecular weight is 266 g/mol. The van der Waals surface area contributed by atoms with Crippen LogP contribution in [0.3, 0.4) is 0 Å². The minimum absolute atomic E-state index is 0.179. The summed E-state index contributed by atoms with van der Waals surface area (Å²) in [4.78, 5) is 12.9. The normalized spacial score (nSPS) is 15.4. The molecule has 19 heavy (non-hydrogen) atoms. The lowest BCUT2D eigenvalue weighted by Crippen LogP contribution is -2.46. The molecule has 0 aromatic heterocycles. The number of aliphatic hydroxyl groups is 2. The van der Waals surface area contributed by atoms with Crippen molar-refractivity contribution in [2.75, 3.05) is 14.1 Å². The number of aliphatic hydroxyl groups excluding tert-OH is 2. The number of nitrogens with zero attached hydrogens (tertiary/aromatic N) is 1. The van der Waals surface area contributed by atoms with Gasteiger partial charge in [-0.05, 0) is 12.5 Å². The van der Waals surface area contributed by atoms with E-state index in [1.165, 1.54) is 4.90 Å². The van der Waals surface area contributed by atoms with Crippen LogP contribution in [-0.2, 0) is 0 Å². The van der Waals surface area contributed by atoms with Gasteiger partial charge in [-0.25, -0.2) is 4.79 Å². The average Bonchev–Trinajstić information content (AvgIpc) is 2.39. The Morgan fingerprint density at radius 3 is 2.37 bits per heavy atom. The molecular weight excluding hydrogens is 244 g/mol. The minimum Gasteiger partial charge on any atom is -0.391 e. The van der Waals surface area contributed by atoms with Crippen LogP contribution >= 0.6 is 0 Å². The van der Waals surface area contributed by atoms with Gasteiger partial charge in [0.25, 0.3) is 0 Å². The monoisotopic (exact) mass is 266 g/mol. The molecule has 0 bridgehead atoms. The summed E-state index contributed by atoms with van der Waals surface area (Å²) < 4.78 is 0. The number of hydrogen-bond donors (Lipinski definition) is 3. The van der Waals surface area contributed by atoms with Crippen molar-refractivity contribution in [1.82, 2.24) is 10.2 Å². The van der Waals surface area contributed by atoms with Crippen molar-refractivity contribution in [3.63, 3.8) is 0 Å². The highest BCUT2D eigenvalue weighted by molar-refractivity contribution is 5.73. The molecule has 0 aliphatic rings. The number of benzene rings is 1. The van der Waals surface area contributed by atoms with Gasteiger partial charge in [0.2, 0.25) is 0 Å². The summed E-state index contributed by atoms with van der Waals surface area (Å²) in [7, 11) is 3.26. The van der Waals surface area contributed by atoms with Crippen molar-refractivity contribution >= 4 is 6.03 Å². The van der Waals surface area contributed by atoms with E-state index in [0.29, 0.717) is 0 Å². The van der Waals surface area contributed by atoms with E-state index in [2.05, 4.69) is 5.32 Å². The van der Waals surface area contributed by atoms with Crippen molar-refractivity contribution in [1.29, 1.82) is 0 Å². The molecule has 1 aromatic carbocycles. The maximum absolute atomic E-state index is 11.5. The number of nitrogens with one attached hydrogen (secondary N) is 1. The third-order valence-electron chi connectivity index (χ3n) is 2.98. The Kier molecular flexibility index (Phi) is 5.79. The van der Waals surface area contributed by atoms with Gasteiger partial charge in [0.1, 0.15) is 0 Å². The van der Waals surface area contributed by atoms with Crippen LogP contribution in [0.1, 0.15) is 25.0 Å². The molecule has 106 valence electrons. The van der Waals surface area contributed by atoms with Crippen molar-refractivity contribution in [3.05, 3.63) is 35.9 Å². The second-order valence-electron chi connectivity index (χ2n) is 4.86. The lowest BCUT2D eigenvalue weighted by molar-refractivity contribution is 0.0610. The molecule has 0 saturated carbocycles. The molecule has 0 radical (unpaired) electrons. The molecule has 0 aliphatic carbocycles. The Morgan fingerprint density at radius 1 is 1.26 bits per heavy atom. The first-order chi connectivity index (χ1) is 8.91. The molecular formula is C14H22N2O3. The Morgan fingerprint density at radius 2 is 1.84 bits per heavy atom. The van der Waals surface area contributed by atoms with Gasteiger partial charge >= 0.3 is 6.03 Å². The molecule has 0 fully saturated rings. The lowest BCUT2D eigenvalue weighted by Gasteiger charge is -2.24. The van der Waals surface area contributed by atoms with Gasteiger partial charge in [0.15, 0.2) is 0 Å². The summed E-state index contributed by atoms with van der Waals surface area (Å²) in [5.74, 6) is 0. The van der Waals surface area contributed by atoms with E-state index in [0.717, 1.165) is 5.56 Å². The Labute approximate surface area is 113 Å². The maximum atomic E-state index is 11.5. The van der Waals surface area contributed by atoms with Crippen molar-refractivity contribution in [3.8, 4) is 0 Å². The number of carbonyl (C=O) groups is 1. The summed E-state index contributed by atoms with van der Waals surface area (Å²) in [6, 6.07) is 8.46. The Hall–Kier alpha value is -1.59. The van der Waals surface area contributed by atoms with Crippen LogP contribution in [0.2, 0.25) is 0 Å². The van der Waals surface area contributed by atoms with Crippen LogP contribution in [0.4, 0.5) is 4.79 Å². The molecule has 3 atom stereocenters. The van der Waals surface area contributed by atoms with E-state index in [1.807, 2.05) is 18.2 Å². The van der Waals surface area contributed by atoms with E-state index < -0.39 is 18.2 Å². The predicted molar refractivity (Wildman–Crippen MR) is 73.7 cm³/mol. The molecule has 0 aliphatic heterocycles. The summed E-state index contributed by atoms with van der Waals surface area (Å²) in [5.41, 5.74) is 0.757. The molecule has 0 saturated heterocycles. The fraction of sp³-hybridized carbons (Fsp3) is 0.500. The number of carbonyl (C=O) groups excluding carboxylic acids is 1. The quantitative estimate of drug-likeness (QED) is 0.748. The van der Waals surface area contributed by atoms with Crippen molar-refractivity contribution in [2.45, 2.75) is 31.6 Å². The Balaban J connectivity index is 2.50. The predicted octanol–water partition coefficient (Wildman–Crippen LogP) is 1.13. The number of rotatable bonds is 5. The van der Waals surface area contributed by atoms with E-state index in [1.54, 1.807) is 33.2 Å². The lowest BCUT2D eigenvalue weighted by atomic mass is 10.00. The molecule has 2 amide bonds. The van der Waals surface area contributed by atoms with E-state index in [-0.39, 0.29) is 12.5 Å². The van der Waals surface area contributed by atoms with Gasteiger partial charge in [-0.2, -0.15) is 0 Å². The molecule has 0 spiro atoms. The van der Waals surface area contributed by atoms with Crippen LogP contribution in [0, 0.1) is 0 Å². The SMILES string of the molecule is C[C@H](NC(=O)N(C)C)[C@H](O)C[C@H](O)c1ccccc1. The summed E-state index contributed by atoms with van der Waals surface area (Å²) >= 11 is 0. The van der Waals surface area contributed by atoms with Crippen LogP contribution < -0.4 is 5.32 Å². The van der Waals surface area contributed by atoms with Gasteiger partial charge in [-0.3, -0.25) is 0 Å². The minimum atomic E-state index is -0.806. The third kappa shape index (κ3) is 4.89. The smallest absolute Gasteiger partial charge is 0.317 e. The third-order valence-corrected chi connectivity index (χ3v) is 2.98. The molecule has 5 heteroatoms. The van der Waals surface area contributed by atoms with E-state index in [9.17, 15) is 15.0 Å². The zero-order valence-corrected chi connectivity index (χ0v) is 11.6. The second kappa shape index (κ2) is 7.11. The van der Waals surface area contributed by atoms with Gasteiger partial charge in [0, 0.05) is 20.5 Å². The summed E-state index contributed by atoms with van der Waals surface area (Å²) in [6.45, 7) is 1.71. The van der Waals surface area contributed by atoms with Crippen LogP contribution in [0.5, 0.6) is 0 Å². The molecule has 0 heterocycles. The van der Waals surface area contributed by atoms with Crippen LogP contribution in [0.25, 0.3) is 0 Å². The Bertz CT molecular complexity index is 395. The molecule has 1 rings (SSSR count).